The van der Waals surface area contributed by atoms with Crippen LogP contribution in [-0.2, 0) is 0 Å². The van der Waals surface area contributed by atoms with E-state index >= 15 is 0 Å². The van der Waals surface area contributed by atoms with Crippen LogP contribution in [0.5, 0.6) is 5.75 Å². The highest BCUT2D eigenvalue weighted by Crippen LogP contribution is 2.28. The average Bonchev–Trinajstić information content (AvgIpc) is 2.45. The highest BCUT2D eigenvalue weighted by Gasteiger charge is 2.05. The summed E-state index contributed by atoms with van der Waals surface area (Å²) in [5, 5.41) is 2.37. The molecule has 0 saturated carbocycles. The first kappa shape index (κ1) is 13.2. The number of hydrogen-bond acceptors (Lipinski definition) is 2. The van der Waals surface area contributed by atoms with Gasteiger partial charge >= 0.3 is 6.09 Å². The van der Waals surface area contributed by atoms with Crippen LogP contribution in [0.1, 0.15) is 5.56 Å². The molecule has 0 unspecified atom stereocenters. The SMILES string of the molecule is Cc1cc(OC(N)=O)cc(-c2ccc3ccccc3c2)c1. The zero-order valence-electron chi connectivity index (χ0n) is 11.7. The Bertz CT molecular complexity index is 824. The van der Waals surface area contributed by atoms with Crippen LogP contribution < -0.4 is 10.5 Å². The topological polar surface area (TPSA) is 52.3 Å². The molecule has 104 valence electrons. The molecule has 0 saturated heterocycles. The fourth-order valence-corrected chi connectivity index (χ4v) is 2.46. The number of rotatable bonds is 2. The van der Waals surface area contributed by atoms with E-state index in [0.717, 1.165) is 16.7 Å². The Morgan fingerprint density at radius 2 is 1.67 bits per heavy atom. The molecule has 0 aromatic heterocycles. The van der Waals surface area contributed by atoms with Gasteiger partial charge in [-0.25, -0.2) is 4.79 Å². The lowest BCUT2D eigenvalue weighted by Crippen LogP contribution is -2.16. The minimum absolute atomic E-state index is 0.464. The number of primary amides is 1. The van der Waals surface area contributed by atoms with Crippen LogP contribution in [0.4, 0.5) is 4.79 Å². The Balaban J connectivity index is 2.08. The van der Waals surface area contributed by atoms with Crippen LogP contribution in [0.25, 0.3) is 21.9 Å². The predicted molar refractivity (Wildman–Crippen MR) is 84.3 cm³/mol. The predicted octanol–water partition coefficient (Wildman–Crippen LogP) is 4.27. The minimum atomic E-state index is -0.801. The maximum atomic E-state index is 10.9. The second-order valence-electron chi connectivity index (χ2n) is 5.02. The van der Waals surface area contributed by atoms with Gasteiger partial charge in [0.1, 0.15) is 5.75 Å². The van der Waals surface area contributed by atoms with Gasteiger partial charge in [-0.2, -0.15) is 0 Å². The third kappa shape index (κ3) is 2.87. The number of nitrogens with two attached hydrogens (primary N) is 1. The van der Waals surface area contributed by atoms with Crippen molar-refractivity contribution in [2.75, 3.05) is 0 Å². The molecule has 1 amide bonds. The van der Waals surface area contributed by atoms with Crippen LogP contribution in [0.15, 0.2) is 60.7 Å². The Labute approximate surface area is 123 Å². The molecular weight excluding hydrogens is 262 g/mol. The summed E-state index contributed by atoms with van der Waals surface area (Å²) in [6.07, 6.45) is -0.801. The Morgan fingerprint density at radius 1 is 0.905 bits per heavy atom. The first-order chi connectivity index (χ1) is 10.1. The van der Waals surface area contributed by atoms with E-state index in [2.05, 4.69) is 36.4 Å². The fraction of sp³-hybridized carbons (Fsp3) is 0.0556. The quantitative estimate of drug-likeness (QED) is 0.760. The number of fused-ring (bicyclic) bond motifs is 1. The number of amides is 1. The molecule has 0 heterocycles. The molecule has 21 heavy (non-hydrogen) atoms. The Morgan fingerprint density at radius 3 is 2.43 bits per heavy atom. The highest BCUT2D eigenvalue weighted by atomic mass is 16.5. The van der Waals surface area contributed by atoms with Crippen LogP contribution in [-0.4, -0.2) is 6.09 Å². The molecule has 3 aromatic rings. The third-order valence-electron chi connectivity index (χ3n) is 3.35. The second-order valence-corrected chi connectivity index (χ2v) is 5.02. The van der Waals surface area contributed by atoms with Crippen molar-refractivity contribution in [1.29, 1.82) is 0 Å². The van der Waals surface area contributed by atoms with Gasteiger partial charge in [0, 0.05) is 0 Å². The van der Waals surface area contributed by atoms with Crippen LogP contribution in [0.2, 0.25) is 0 Å². The lowest BCUT2D eigenvalue weighted by molar-refractivity contribution is 0.211. The highest BCUT2D eigenvalue weighted by molar-refractivity contribution is 5.87. The maximum Gasteiger partial charge on any atom is 0.409 e. The molecule has 0 aliphatic carbocycles. The van der Waals surface area contributed by atoms with Crippen LogP contribution in [0, 0.1) is 6.92 Å². The first-order valence-corrected chi connectivity index (χ1v) is 6.70. The molecule has 0 aliphatic heterocycles. The van der Waals surface area contributed by atoms with Gasteiger partial charge in [0.2, 0.25) is 0 Å². The second kappa shape index (κ2) is 5.29. The standard InChI is InChI=1S/C18H15NO2/c1-12-8-16(11-17(9-12)21-18(19)20)15-7-6-13-4-2-3-5-14(13)10-15/h2-11H,1H3,(H2,19,20). The van der Waals surface area contributed by atoms with Gasteiger partial charge in [-0.15, -0.1) is 0 Å². The van der Waals surface area contributed by atoms with E-state index in [4.69, 9.17) is 10.5 Å². The normalized spacial score (nSPS) is 10.5. The van der Waals surface area contributed by atoms with Gasteiger partial charge in [-0.1, -0.05) is 42.5 Å². The molecule has 0 radical (unpaired) electrons. The number of hydrogen-bond donors (Lipinski definition) is 1. The molecule has 3 rings (SSSR count). The van der Waals surface area contributed by atoms with E-state index in [-0.39, 0.29) is 0 Å². The van der Waals surface area contributed by atoms with Crippen molar-refractivity contribution in [2.45, 2.75) is 6.92 Å². The summed E-state index contributed by atoms with van der Waals surface area (Å²) >= 11 is 0. The van der Waals surface area contributed by atoms with Gasteiger partial charge < -0.3 is 10.5 Å². The molecule has 3 nitrogen and oxygen atoms in total. The lowest BCUT2D eigenvalue weighted by Gasteiger charge is -2.08. The van der Waals surface area contributed by atoms with Crippen molar-refractivity contribution >= 4 is 16.9 Å². The molecule has 0 bridgehead atoms. The van der Waals surface area contributed by atoms with E-state index in [1.54, 1.807) is 6.07 Å². The van der Waals surface area contributed by atoms with Gasteiger partial charge in [-0.3, -0.25) is 0 Å². The van der Waals surface area contributed by atoms with Gasteiger partial charge in [-0.05, 0) is 52.6 Å². The molecule has 0 spiro atoms. The maximum absolute atomic E-state index is 10.9. The van der Waals surface area contributed by atoms with Crippen molar-refractivity contribution < 1.29 is 9.53 Å². The van der Waals surface area contributed by atoms with E-state index in [0.29, 0.717) is 5.75 Å². The average molecular weight is 277 g/mol. The number of carbonyl (C=O) groups excluding carboxylic acids is 1. The largest absolute Gasteiger partial charge is 0.410 e. The lowest BCUT2D eigenvalue weighted by atomic mass is 10.00. The summed E-state index contributed by atoms with van der Waals surface area (Å²) < 4.78 is 4.98. The van der Waals surface area contributed by atoms with Gasteiger partial charge in [0.05, 0.1) is 0 Å². The molecule has 0 aliphatic rings. The van der Waals surface area contributed by atoms with E-state index in [1.807, 2.05) is 25.1 Å². The zero-order valence-corrected chi connectivity index (χ0v) is 11.7. The number of ether oxygens (including phenoxy) is 1. The molecule has 0 fully saturated rings. The van der Waals surface area contributed by atoms with E-state index in [9.17, 15) is 4.79 Å². The number of carbonyl (C=O) groups is 1. The summed E-state index contributed by atoms with van der Waals surface area (Å²) in [6, 6.07) is 20.1. The summed E-state index contributed by atoms with van der Waals surface area (Å²) in [7, 11) is 0. The molecule has 2 N–H and O–H groups in total. The van der Waals surface area contributed by atoms with Crippen molar-refractivity contribution in [2.24, 2.45) is 5.73 Å². The number of aryl methyl sites for hydroxylation is 1. The summed E-state index contributed by atoms with van der Waals surface area (Å²) in [5.74, 6) is 0.464. The summed E-state index contributed by atoms with van der Waals surface area (Å²) in [5.41, 5.74) is 8.16. The summed E-state index contributed by atoms with van der Waals surface area (Å²) in [4.78, 5) is 10.9. The molecule has 3 aromatic carbocycles. The van der Waals surface area contributed by atoms with Crippen LogP contribution in [0.3, 0.4) is 0 Å². The van der Waals surface area contributed by atoms with Gasteiger partial charge in [0.15, 0.2) is 0 Å². The van der Waals surface area contributed by atoms with E-state index in [1.165, 1.54) is 10.8 Å². The Kier molecular flexibility index (Phi) is 3.32. The smallest absolute Gasteiger partial charge is 0.409 e. The minimum Gasteiger partial charge on any atom is -0.410 e. The van der Waals surface area contributed by atoms with Crippen LogP contribution >= 0.6 is 0 Å². The summed E-state index contributed by atoms with van der Waals surface area (Å²) in [6.45, 7) is 1.96. The molecular formula is C18H15NO2. The first-order valence-electron chi connectivity index (χ1n) is 6.70. The van der Waals surface area contributed by atoms with Crippen molar-refractivity contribution in [3.8, 4) is 16.9 Å². The Hall–Kier alpha value is -2.81. The van der Waals surface area contributed by atoms with Crippen molar-refractivity contribution in [1.82, 2.24) is 0 Å². The fourth-order valence-electron chi connectivity index (χ4n) is 2.46. The van der Waals surface area contributed by atoms with E-state index < -0.39 is 6.09 Å². The van der Waals surface area contributed by atoms with Crippen molar-refractivity contribution in [3.63, 3.8) is 0 Å². The monoisotopic (exact) mass is 277 g/mol. The number of benzene rings is 3. The van der Waals surface area contributed by atoms with Gasteiger partial charge in [0.25, 0.3) is 0 Å². The molecule has 0 atom stereocenters. The third-order valence-corrected chi connectivity index (χ3v) is 3.35. The van der Waals surface area contributed by atoms with Crippen molar-refractivity contribution in [3.05, 3.63) is 66.2 Å². The zero-order chi connectivity index (χ0) is 14.8. The molecule has 3 heteroatoms.